The molecule has 0 saturated heterocycles. The van der Waals surface area contributed by atoms with Gasteiger partial charge in [-0.25, -0.2) is 0 Å². The Balaban J connectivity index is 1.53. The summed E-state index contributed by atoms with van der Waals surface area (Å²) in [6, 6.07) is 15.0. The second-order valence-corrected chi connectivity index (χ2v) is 6.40. The normalized spacial score (nSPS) is 12.7. The molecular weight excluding hydrogens is 352 g/mol. The third kappa shape index (κ3) is 3.53. The third-order valence-corrected chi connectivity index (χ3v) is 4.43. The van der Waals surface area contributed by atoms with Gasteiger partial charge < -0.3 is 19.8 Å². The van der Waals surface area contributed by atoms with E-state index >= 15 is 0 Å². The molecule has 0 aliphatic carbocycles. The predicted molar refractivity (Wildman–Crippen MR) is 102 cm³/mol. The minimum Gasteiger partial charge on any atom is -0.486 e. The van der Waals surface area contributed by atoms with Gasteiger partial charge >= 0.3 is 0 Å². The van der Waals surface area contributed by atoms with Crippen LogP contribution < -0.4 is 20.3 Å². The smallest absolute Gasteiger partial charge is 0.252 e. The zero-order valence-corrected chi connectivity index (χ0v) is 14.7. The van der Waals surface area contributed by atoms with Gasteiger partial charge in [-0.2, -0.15) is 0 Å². The number of H-pyrrole nitrogens is 1. The van der Waals surface area contributed by atoms with Gasteiger partial charge in [0.1, 0.15) is 13.2 Å². The maximum Gasteiger partial charge on any atom is 0.252 e. The lowest BCUT2D eigenvalue weighted by Gasteiger charge is -2.19. The van der Waals surface area contributed by atoms with Crippen molar-refractivity contribution < 1.29 is 9.47 Å². The van der Waals surface area contributed by atoms with Crippen LogP contribution in [0.1, 0.15) is 5.56 Å². The van der Waals surface area contributed by atoms with Crippen molar-refractivity contribution in [3.05, 3.63) is 75.7 Å². The van der Waals surface area contributed by atoms with E-state index in [4.69, 9.17) is 21.1 Å². The number of aromatic nitrogens is 1. The Morgan fingerprint density at radius 1 is 0.962 bits per heavy atom. The van der Waals surface area contributed by atoms with Crippen molar-refractivity contribution in [2.24, 2.45) is 0 Å². The number of hydrogen-bond donors (Lipinski definition) is 2. The van der Waals surface area contributed by atoms with E-state index in [9.17, 15) is 4.79 Å². The average molecular weight is 369 g/mol. The zero-order chi connectivity index (χ0) is 17.9. The van der Waals surface area contributed by atoms with E-state index < -0.39 is 0 Å². The van der Waals surface area contributed by atoms with Crippen molar-refractivity contribution in [3.8, 4) is 22.6 Å². The first-order valence-electron chi connectivity index (χ1n) is 8.30. The van der Waals surface area contributed by atoms with Crippen LogP contribution in [0.15, 0.2) is 59.5 Å². The Morgan fingerprint density at radius 3 is 2.54 bits per heavy atom. The lowest BCUT2D eigenvalue weighted by Crippen LogP contribution is -2.17. The van der Waals surface area contributed by atoms with Gasteiger partial charge in [-0.3, -0.25) is 4.79 Å². The molecule has 1 aromatic heterocycles. The lowest BCUT2D eigenvalue weighted by molar-refractivity contribution is 0.171. The summed E-state index contributed by atoms with van der Waals surface area (Å²) < 4.78 is 11.1. The predicted octanol–water partition coefficient (Wildman–Crippen LogP) is 4.08. The molecule has 5 nitrogen and oxygen atoms in total. The fourth-order valence-corrected chi connectivity index (χ4v) is 2.95. The van der Waals surface area contributed by atoms with E-state index in [2.05, 4.69) is 10.3 Å². The Hall–Kier alpha value is -2.92. The molecule has 6 heteroatoms. The van der Waals surface area contributed by atoms with Crippen molar-refractivity contribution in [1.82, 2.24) is 4.98 Å². The fraction of sp³-hybridized carbons (Fsp3) is 0.150. The van der Waals surface area contributed by atoms with Crippen LogP contribution in [-0.2, 0) is 6.54 Å². The molecule has 2 heterocycles. The molecule has 4 rings (SSSR count). The summed E-state index contributed by atoms with van der Waals surface area (Å²) in [5.74, 6) is 1.45. The molecule has 26 heavy (non-hydrogen) atoms. The highest BCUT2D eigenvalue weighted by atomic mass is 35.5. The summed E-state index contributed by atoms with van der Waals surface area (Å²) >= 11 is 5.94. The van der Waals surface area contributed by atoms with E-state index in [0.29, 0.717) is 36.1 Å². The Kier molecular flexibility index (Phi) is 4.54. The molecule has 0 saturated carbocycles. The summed E-state index contributed by atoms with van der Waals surface area (Å²) in [6.45, 7) is 1.50. The van der Waals surface area contributed by atoms with Crippen LogP contribution in [-0.4, -0.2) is 18.2 Å². The molecule has 2 N–H and O–H groups in total. The van der Waals surface area contributed by atoms with Gasteiger partial charge in [0.2, 0.25) is 0 Å². The van der Waals surface area contributed by atoms with E-state index in [0.717, 1.165) is 22.6 Å². The number of rotatable bonds is 4. The molecule has 0 radical (unpaired) electrons. The topological polar surface area (TPSA) is 63.4 Å². The van der Waals surface area contributed by atoms with Gasteiger partial charge in [0.25, 0.3) is 5.56 Å². The van der Waals surface area contributed by atoms with E-state index in [1.54, 1.807) is 6.20 Å². The molecule has 1 aliphatic rings. The van der Waals surface area contributed by atoms with Gasteiger partial charge in [0.05, 0.1) is 0 Å². The van der Waals surface area contributed by atoms with Gasteiger partial charge in [-0.1, -0.05) is 23.7 Å². The first-order valence-corrected chi connectivity index (χ1v) is 8.68. The number of anilines is 1. The highest BCUT2D eigenvalue weighted by Gasteiger charge is 2.12. The van der Waals surface area contributed by atoms with Crippen LogP contribution in [0, 0.1) is 0 Å². The largest absolute Gasteiger partial charge is 0.486 e. The highest BCUT2D eigenvalue weighted by molar-refractivity contribution is 6.30. The van der Waals surface area contributed by atoms with Crippen molar-refractivity contribution in [2.75, 3.05) is 18.5 Å². The molecule has 0 atom stereocenters. The minimum atomic E-state index is -0.118. The summed E-state index contributed by atoms with van der Waals surface area (Å²) in [5, 5.41) is 3.94. The van der Waals surface area contributed by atoms with Gasteiger partial charge in [-0.15, -0.1) is 0 Å². The monoisotopic (exact) mass is 368 g/mol. The van der Waals surface area contributed by atoms with Crippen molar-refractivity contribution in [3.63, 3.8) is 0 Å². The average Bonchev–Trinajstić information content (AvgIpc) is 2.68. The van der Waals surface area contributed by atoms with Crippen LogP contribution in [0.4, 0.5) is 5.69 Å². The van der Waals surface area contributed by atoms with E-state index in [1.807, 2.05) is 48.5 Å². The maximum absolute atomic E-state index is 12.1. The molecule has 2 aromatic carbocycles. The standard InChI is InChI=1S/C20H17ClN2O3/c21-16-3-1-13(2-4-16)14-9-15(20(24)23-11-14)12-22-17-5-6-18-19(10-17)26-8-7-25-18/h1-6,9-11,22H,7-8,12H2,(H,23,24). The van der Waals surface area contributed by atoms with E-state index in [1.165, 1.54) is 0 Å². The second-order valence-electron chi connectivity index (χ2n) is 5.96. The first-order chi connectivity index (χ1) is 12.7. The molecular formula is C20H17ClN2O3. The number of benzene rings is 2. The summed E-state index contributed by atoms with van der Waals surface area (Å²) in [6.07, 6.45) is 1.71. The Labute approximate surface area is 155 Å². The summed E-state index contributed by atoms with van der Waals surface area (Å²) in [5.41, 5.74) is 3.32. The van der Waals surface area contributed by atoms with Gasteiger partial charge in [0.15, 0.2) is 11.5 Å². The number of fused-ring (bicyclic) bond motifs is 1. The zero-order valence-electron chi connectivity index (χ0n) is 13.9. The number of halogens is 1. The fourth-order valence-electron chi connectivity index (χ4n) is 2.82. The number of hydrogen-bond acceptors (Lipinski definition) is 4. The molecule has 0 unspecified atom stereocenters. The van der Waals surface area contributed by atoms with Gasteiger partial charge in [0, 0.05) is 35.1 Å². The van der Waals surface area contributed by atoms with Crippen LogP contribution >= 0.6 is 11.6 Å². The number of nitrogens with one attached hydrogen (secondary N) is 2. The molecule has 0 fully saturated rings. The molecule has 132 valence electrons. The van der Waals surface area contributed by atoms with Gasteiger partial charge in [-0.05, 0) is 41.5 Å². The minimum absolute atomic E-state index is 0.118. The van der Waals surface area contributed by atoms with Crippen molar-refractivity contribution in [2.45, 2.75) is 6.54 Å². The quantitative estimate of drug-likeness (QED) is 0.728. The molecule has 1 aliphatic heterocycles. The summed E-state index contributed by atoms with van der Waals surface area (Å²) in [7, 11) is 0. The lowest BCUT2D eigenvalue weighted by atomic mass is 10.1. The van der Waals surface area contributed by atoms with E-state index in [-0.39, 0.29) is 5.56 Å². The van der Waals surface area contributed by atoms with Crippen LogP contribution in [0.5, 0.6) is 11.5 Å². The third-order valence-electron chi connectivity index (χ3n) is 4.18. The molecule has 0 amide bonds. The highest BCUT2D eigenvalue weighted by Crippen LogP contribution is 2.32. The molecule has 0 bridgehead atoms. The summed E-state index contributed by atoms with van der Waals surface area (Å²) in [4.78, 5) is 14.9. The van der Waals surface area contributed by atoms with Crippen LogP contribution in [0.3, 0.4) is 0 Å². The molecule has 0 spiro atoms. The Morgan fingerprint density at radius 2 is 1.73 bits per heavy atom. The van der Waals surface area contributed by atoms with Crippen molar-refractivity contribution in [1.29, 1.82) is 0 Å². The second kappa shape index (κ2) is 7.14. The first kappa shape index (κ1) is 16.5. The number of pyridine rings is 1. The van der Waals surface area contributed by atoms with Crippen LogP contribution in [0.2, 0.25) is 5.02 Å². The van der Waals surface area contributed by atoms with Crippen LogP contribution in [0.25, 0.3) is 11.1 Å². The molecule has 3 aromatic rings. The SMILES string of the molecule is O=c1[nH]cc(-c2ccc(Cl)cc2)cc1CNc1ccc2c(c1)OCCO2. The van der Waals surface area contributed by atoms with Crippen molar-refractivity contribution >= 4 is 17.3 Å². The Bertz CT molecular complexity index is 983. The number of ether oxygens (including phenoxy) is 2. The number of aromatic amines is 1. The maximum atomic E-state index is 12.1.